The summed E-state index contributed by atoms with van der Waals surface area (Å²) < 4.78 is 0. The zero-order valence-corrected chi connectivity index (χ0v) is 9.58. The Morgan fingerprint density at radius 2 is 1.13 bits per heavy atom. The Kier molecular flexibility index (Phi) is 10.2. The van der Waals surface area contributed by atoms with Gasteiger partial charge in [-0.1, -0.05) is 12.1 Å². The third-order valence-corrected chi connectivity index (χ3v) is 1.28. The first-order chi connectivity index (χ1) is 5.63. The molecule has 86 valence electrons. The van der Waals surface area contributed by atoms with E-state index in [1.54, 1.807) is 0 Å². The standard InChI is InChI=1S/C6H4N2O4.2H2N.Pt/c9-7(10)5-3-1-2-4-6(5)8(11)12;;;/h1-4H;2*1H2;/q;2*-1;+2. The van der Waals surface area contributed by atoms with E-state index in [0.717, 1.165) is 12.1 Å². The van der Waals surface area contributed by atoms with Crippen LogP contribution in [0.25, 0.3) is 12.3 Å². The van der Waals surface area contributed by atoms with Gasteiger partial charge in [-0.25, -0.2) is 0 Å². The summed E-state index contributed by atoms with van der Waals surface area (Å²) in [5.41, 5.74) is -0.968. The summed E-state index contributed by atoms with van der Waals surface area (Å²) in [4.78, 5) is 18.9. The zero-order chi connectivity index (χ0) is 9.14. The molecule has 0 aliphatic rings. The fourth-order valence-electron chi connectivity index (χ4n) is 0.773. The first-order valence-electron chi connectivity index (χ1n) is 3.00. The Labute approximate surface area is 99.4 Å². The molecule has 15 heavy (non-hydrogen) atoms. The molecule has 0 saturated carbocycles. The van der Waals surface area contributed by atoms with Gasteiger partial charge in [-0.05, 0) is 0 Å². The summed E-state index contributed by atoms with van der Waals surface area (Å²) >= 11 is 0. The average molecular weight is 395 g/mol. The van der Waals surface area contributed by atoms with Gasteiger partial charge in [0.1, 0.15) is 0 Å². The smallest absolute Gasteiger partial charge is 0.693 e. The normalized spacial score (nSPS) is 7.47. The molecule has 8 nitrogen and oxygen atoms in total. The molecule has 0 spiro atoms. The van der Waals surface area contributed by atoms with Crippen molar-refractivity contribution in [3.63, 3.8) is 0 Å². The summed E-state index contributed by atoms with van der Waals surface area (Å²) in [5.74, 6) is 0. The molecule has 0 saturated heterocycles. The van der Waals surface area contributed by atoms with Crippen LogP contribution in [-0.2, 0) is 21.1 Å². The Morgan fingerprint density at radius 3 is 1.33 bits per heavy atom. The number of nitrogens with two attached hydrogens (primary N) is 2. The molecule has 0 aliphatic heterocycles. The number of rotatable bonds is 2. The fourth-order valence-corrected chi connectivity index (χ4v) is 0.773. The van der Waals surface area contributed by atoms with Crippen molar-refractivity contribution >= 4 is 11.4 Å². The first-order valence-corrected chi connectivity index (χ1v) is 3.00. The summed E-state index contributed by atoms with van der Waals surface area (Å²) in [6.45, 7) is 0. The van der Waals surface area contributed by atoms with E-state index >= 15 is 0 Å². The van der Waals surface area contributed by atoms with Crippen molar-refractivity contribution in [3.8, 4) is 0 Å². The van der Waals surface area contributed by atoms with Crippen molar-refractivity contribution in [2.24, 2.45) is 0 Å². The van der Waals surface area contributed by atoms with Crippen molar-refractivity contribution in [1.29, 1.82) is 0 Å². The number of benzene rings is 1. The largest absolute Gasteiger partial charge is 2.00 e. The van der Waals surface area contributed by atoms with Gasteiger partial charge in [0.15, 0.2) is 0 Å². The minimum atomic E-state index is -0.780. The first kappa shape index (κ1) is 19.2. The van der Waals surface area contributed by atoms with Crippen LogP contribution < -0.4 is 0 Å². The van der Waals surface area contributed by atoms with Crippen LogP contribution in [0, 0.1) is 20.2 Å². The molecule has 0 fully saturated rings. The second-order valence-electron chi connectivity index (χ2n) is 2.00. The number of hydrogen-bond acceptors (Lipinski definition) is 4. The molecule has 0 heterocycles. The minimum absolute atomic E-state index is 0. The Morgan fingerprint density at radius 1 is 0.867 bits per heavy atom. The Bertz CT molecular complexity index is 313. The van der Waals surface area contributed by atoms with Gasteiger partial charge in [-0.15, -0.1) is 0 Å². The number of para-hydroxylation sites is 2. The van der Waals surface area contributed by atoms with Crippen LogP contribution in [0.2, 0.25) is 0 Å². The van der Waals surface area contributed by atoms with E-state index in [4.69, 9.17) is 0 Å². The van der Waals surface area contributed by atoms with Crippen LogP contribution >= 0.6 is 0 Å². The van der Waals surface area contributed by atoms with Crippen molar-refractivity contribution in [2.45, 2.75) is 0 Å². The summed E-state index contributed by atoms with van der Waals surface area (Å²) in [5, 5.41) is 20.5. The second-order valence-corrected chi connectivity index (χ2v) is 2.00. The molecule has 0 aliphatic carbocycles. The predicted octanol–water partition coefficient (Wildman–Crippen LogP) is 2.93. The Hall–Kier alpha value is -1.37. The predicted molar refractivity (Wildman–Crippen MR) is 50.3 cm³/mol. The molecular formula is C6H8N4O4Pt. The molecule has 0 atom stereocenters. The SMILES string of the molecule is O=[N+]([O-])c1ccccc1[N+](=O)[O-].[NH2-].[NH2-].[Pt+2]. The third-order valence-electron chi connectivity index (χ3n) is 1.28. The van der Waals surface area contributed by atoms with E-state index in [1.807, 2.05) is 0 Å². The molecule has 0 amide bonds. The maximum Gasteiger partial charge on any atom is 2.00 e. The second kappa shape index (κ2) is 7.98. The number of hydrogen-bond donors (Lipinski definition) is 0. The summed E-state index contributed by atoms with van der Waals surface area (Å²) in [7, 11) is 0. The van der Waals surface area contributed by atoms with E-state index < -0.39 is 21.2 Å². The van der Waals surface area contributed by atoms with Gasteiger partial charge in [0.2, 0.25) is 0 Å². The van der Waals surface area contributed by atoms with Gasteiger partial charge in [-0.3, -0.25) is 20.2 Å². The quantitative estimate of drug-likeness (QED) is 0.558. The molecular weight excluding hydrogens is 387 g/mol. The van der Waals surface area contributed by atoms with E-state index in [9.17, 15) is 20.2 Å². The van der Waals surface area contributed by atoms with Gasteiger partial charge >= 0.3 is 32.4 Å². The molecule has 0 bridgehead atoms. The summed E-state index contributed by atoms with van der Waals surface area (Å²) in [6, 6.07) is 4.95. The number of nitro benzene ring substituents is 2. The van der Waals surface area contributed by atoms with Crippen molar-refractivity contribution in [3.05, 3.63) is 56.8 Å². The number of nitro groups is 2. The summed E-state index contributed by atoms with van der Waals surface area (Å²) in [6.07, 6.45) is 0. The van der Waals surface area contributed by atoms with E-state index in [1.165, 1.54) is 12.1 Å². The van der Waals surface area contributed by atoms with Crippen LogP contribution in [0.15, 0.2) is 24.3 Å². The van der Waals surface area contributed by atoms with Crippen LogP contribution in [0.4, 0.5) is 11.4 Å². The molecule has 9 heteroatoms. The number of nitrogens with zero attached hydrogens (tertiary/aromatic N) is 2. The van der Waals surface area contributed by atoms with Crippen LogP contribution in [0.3, 0.4) is 0 Å². The van der Waals surface area contributed by atoms with Gasteiger partial charge < -0.3 is 12.3 Å². The molecule has 4 N–H and O–H groups in total. The van der Waals surface area contributed by atoms with Crippen molar-refractivity contribution in [1.82, 2.24) is 0 Å². The van der Waals surface area contributed by atoms with Crippen molar-refractivity contribution < 1.29 is 30.9 Å². The zero-order valence-electron chi connectivity index (χ0n) is 7.31. The monoisotopic (exact) mass is 395 g/mol. The average Bonchev–Trinajstić information content (AvgIpc) is 2.04. The third kappa shape index (κ3) is 4.59. The van der Waals surface area contributed by atoms with Gasteiger partial charge in [0.05, 0.1) is 9.85 Å². The van der Waals surface area contributed by atoms with Crippen molar-refractivity contribution in [2.75, 3.05) is 0 Å². The molecule has 1 aromatic carbocycles. The van der Waals surface area contributed by atoms with Gasteiger partial charge in [-0.2, -0.15) is 0 Å². The van der Waals surface area contributed by atoms with Crippen LogP contribution in [0.1, 0.15) is 0 Å². The maximum atomic E-state index is 10.2. The molecule has 0 aromatic heterocycles. The maximum absolute atomic E-state index is 10.2. The fraction of sp³-hybridized carbons (Fsp3) is 0. The Balaban J connectivity index is -0.000000480. The topological polar surface area (TPSA) is 153 Å². The van der Waals surface area contributed by atoms with E-state index in [2.05, 4.69) is 0 Å². The van der Waals surface area contributed by atoms with Crippen LogP contribution in [0.5, 0.6) is 0 Å². The molecule has 0 unspecified atom stereocenters. The van der Waals surface area contributed by atoms with E-state index in [0.29, 0.717) is 0 Å². The molecule has 0 radical (unpaired) electrons. The molecule has 1 aromatic rings. The van der Waals surface area contributed by atoms with Gasteiger partial charge in [0.25, 0.3) is 0 Å². The van der Waals surface area contributed by atoms with Crippen LogP contribution in [-0.4, -0.2) is 9.85 Å². The van der Waals surface area contributed by atoms with E-state index in [-0.39, 0.29) is 33.4 Å². The van der Waals surface area contributed by atoms with Gasteiger partial charge in [0, 0.05) is 12.1 Å². The minimum Gasteiger partial charge on any atom is -0.693 e. The molecule has 1 rings (SSSR count).